The highest BCUT2D eigenvalue weighted by atomic mass is 35.5. The van der Waals surface area contributed by atoms with Gasteiger partial charge in [-0.3, -0.25) is 0 Å². The van der Waals surface area contributed by atoms with Gasteiger partial charge >= 0.3 is 5.97 Å². The molecule has 0 aliphatic rings. The summed E-state index contributed by atoms with van der Waals surface area (Å²) in [6, 6.07) is 9.45. The zero-order chi connectivity index (χ0) is 17.5. The highest BCUT2D eigenvalue weighted by molar-refractivity contribution is 6.32. The van der Waals surface area contributed by atoms with Gasteiger partial charge in [-0.15, -0.1) is 0 Å². The first kappa shape index (κ1) is 17.8. The molecule has 0 bridgehead atoms. The van der Waals surface area contributed by atoms with Crippen LogP contribution in [0.2, 0.25) is 5.02 Å². The van der Waals surface area contributed by atoms with Crippen LogP contribution >= 0.6 is 11.6 Å². The zero-order valence-electron chi connectivity index (χ0n) is 13.0. The summed E-state index contributed by atoms with van der Waals surface area (Å²) in [7, 11) is 0. The topological polar surface area (TPSA) is 55.8 Å². The van der Waals surface area contributed by atoms with E-state index in [-0.39, 0.29) is 23.2 Å². The number of ether oxygens (including phenoxy) is 2. The first-order valence-electron chi connectivity index (χ1n) is 7.24. The summed E-state index contributed by atoms with van der Waals surface area (Å²) < 4.78 is 24.8. The lowest BCUT2D eigenvalue weighted by atomic mass is 10.2. The Hall–Kier alpha value is -2.53. The maximum atomic E-state index is 13.7. The lowest BCUT2D eigenvalue weighted by Gasteiger charge is -2.14. The SMILES string of the molecule is CCOc1cc(/C=C/C(=O)O)cc(Cl)c1OCc1ccccc1F. The Morgan fingerprint density at radius 2 is 2.04 bits per heavy atom. The standard InChI is InChI=1S/C18H16ClFO4/c1-2-23-16-10-12(7-8-17(21)22)9-14(19)18(16)24-11-13-5-3-4-6-15(13)20/h3-10H,2,11H2,1H3,(H,21,22)/b8-7+. The summed E-state index contributed by atoms with van der Waals surface area (Å²) >= 11 is 6.21. The predicted octanol–water partition coefficient (Wildman–Crippen LogP) is 4.55. The summed E-state index contributed by atoms with van der Waals surface area (Å²) in [5.74, 6) is -0.780. The van der Waals surface area contributed by atoms with Crippen LogP contribution in [-0.4, -0.2) is 17.7 Å². The molecule has 0 fully saturated rings. The fraction of sp³-hybridized carbons (Fsp3) is 0.167. The first-order chi connectivity index (χ1) is 11.5. The molecule has 2 aromatic carbocycles. The highest BCUT2D eigenvalue weighted by Crippen LogP contribution is 2.37. The molecule has 0 saturated heterocycles. The van der Waals surface area contributed by atoms with Crippen LogP contribution in [0.4, 0.5) is 4.39 Å². The van der Waals surface area contributed by atoms with Gasteiger partial charge in [-0.05, 0) is 36.8 Å². The van der Waals surface area contributed by atoms with Crippen LogP contribution in [0.25, 0.3) is 6.08 Å². The monoisotopic (exact) mass is 350 g/mol. The maximum Gasteiger partial charge on any atom is 0.328 e. The molecule has 0 atom stereocenters. The molecule has 2 aromatic rings. The van der Waals surface area contributed by atoms with Gasteiger partial charge in [0.15, 0.2) is 11.5 Å². The second-order valence-corrected chi connectivity index (χ2v) is 5.22. The lowest BCUT2D eigenvalue weighted by Crippen LogP contribution is -2.02. The zero-order valence-corrected chi connectivity index (χ0v) is 13.7. The number of hydrogen-bond donors (Lipinski definition) is 1. The molecule has 6 heteroatoms. The van der Waals surface area contributed by atoms with Gasteiger partial charge in [0.05, 0.1) is 11.6 Å². The van der Waals surface area contributed by atoms with Crippen LogP contribution in [0.3, 0.4) is 0 Å². The van der Waals surface area contributed by atoms with E-state index in [2.05, 4.69) is 0 Å². The Morgan fingerprint density at radius 3 is 2.71 bits per heavy atom. The minimum atomic E-state index is -1.07. The average Bonchev–Trinajstić information content (AvgIpc) is 2.54. The van der Waals surface area contributed by atoms with Gasteiger partial charge in [0, 0.05) is 11.6 Å². The van der Waals surface area contributed by atoms with Gasteiger partial charge in [0.1, 0.15) is 12.4 Å². The molecule has 0 radical (unpaired) electrons. The number of carbonyl (C=O) groups is 1. The van der Waals surface area contributed by atoms with Crippen LogP contribution in [-0.2, 0) is 11.4 Å². The fourth-order valence-corrected chi connectivity index (χ4v) is 2.29. The molecule has 1 N–H and O–H groups in total. The quantitative estimate of drug-likeness (QED) is 0.744. The third-order valence-corrected chi connectivity index (χ3v) is 3.36. The largest absolute Gasteiger partial charge is 0.490 e. The Morgan fingerprint density at radius 1 is 1.29 bits per heavy atom. The van der Waals surface area contributed by atoms with Gasteiger partial charge in [-0.25, -0.2) is 9.18 Å². The Labute approximate surface area is 144 Å². The maximum absolute atomic E-state index is 13.7. The second-order valence-electron chi connectivity index (χ2n) is 4.81. The summed E-state index contributed by atoms with van der Waals surface area (Å²) in [5, 5.41) is 8.95. The van der Waals surface area contributed by atoms with Gasteiger partial charge in [0.25, 0.3) is 0 Å². The van der Waals surface area contributed by atoms with E-state index < -0.39 is 5.97 Å². The number of aliphatic carboxylic acids is 1. The van der Waals surface area contributed by atoms with Crippen LogP contribution in [0.5, 0.6) is 11.5 Å². The molecule has 0 spiro atoms. The molecule has 2 rings (SSSR count). The minimum Gasteiger partial charge on any atom is -0.490 e. The van der Waals surface area contributed by atoms with Gasteiger partial charge in [0.2, 0.25) is 0 Å². The third kappa shape index (κ3) is 4.73. The molecule has 0 aliphatic carbocycles. The number of hydrogen-bond acceptors (Lipinski definition) is 3. The van der Waals surface area contributed by atoms with E-state index in [0.29, 0.717) is 23.5 Å². The number of carboxylic acid groups (broad SMARTS) is 1. The Balaban J connectivity index is 2.27. The molecule has 0 aromatic heterocycles. The van der Waals surface area contributed by atoms with Gasteiger partial charge in [-0.2, -0.15) is 0 Å². The Kier molecular flexibility index (Phi) is 6.21. The molecule has 0 amide bonds. The van der Waals surface area contributed by atoms with E-state index in [0.717, 1.165) is 6.08 Å². The molecular weight excluding hydrogens is 335 g/mol. The van der Waals surface area contributed by atoms with E-state index >= 15 is 0 Å². The first-order valence-corrected chi connectivity index (χ1v) is 7.62. The summed E-state index contributed by atoms with van der Waals surface area (Å²) in [5.41, 5.74) is 0.954. The number of rotatable bonds is 7. The van der Waals surface area contributed by atoms with Crippen LogP contribution in [0.15, 0.2) is 42.5 Å². The summed E-state index contributed by atoms with van der Waals surface area (Å²) in [4.78, 5) is 10.6. The summed E-state index contributed by atoms with van der Waals surface area (Å²) in [6.07, 6.45) is 2.40. The molecule has 0 heterocycles. The smallest absolute Gasteiger partial charge is 0.328 e. The van der Waals surface area contributed by atoms with Crippen molar-refractivity contribution in [3.63, 3.8) is 0 Å². The lowest BCUT2D eigenvalue weighted by molar-refractivity contribution is -0.131. The molecule has 24 heavy (non-hydrogen) atoms. The van der Waals surface area contributed by atoms with Gasteiger partial charge in [-0.1, -0.05) is 29.8 Å². The van der Waals surface area contributed by atoms with E-state index in [1.165, 1.54) is 12.1 Å². The number of benzene rings is 2. The highest BCUT2D eigenvalue weighted by Gasteiger charge is 2.13. The van der Waals surface area contributed by atoms with Crippen molar-refractivity contribution in [2.45, 2.75) is 13.5 Å². The third-order valence-electron chi connectivity index (χ3n) is 3.08. The van der Waals surface area contributed by atoms with Crippen molar-refractivity contribution in [3.05, 3.63) is 64.4 Å². The number of carboxylic acids is 1. The molecule has 4 nitrogen and oxygen atoms in total. The van der Waals surface area contributed by atoms with Crippen molar-refractivity contribution in [2.75, 3.05) is 6.61 Å². The van der Waals surface area contributed by atoms with Crippen LogP contribution in [0, 0.1) is 5.82 Å². The van der Waals surface area contributed by atoms with E-state index in [9.17, 15) is 9.18 Å². The van der Waals surface area contributed by atoms with Crippen molar-refractivity contribution in [1.29, 1.82) is 0 Å². The molecule has 126 valence electrons. The van der Waals surface area contributed by atoms with E-state index in [4.69, 9.17) is 26.2 Å². The van der Waals surface area contributed by atoms with Crippen LogP contribution in [0.1, 0.15) is 18.1 Å². The van der Waals surface area contributed by atoms with Crippen molar-refractivity contribution in [2.24, 2.45) is 0 Å². The number of halogens is 2. The fourth-order valence-electron chi connectivity index (χ4n) is 2.02. The van der Waals surface area contributed by atoms with Crippen molar-refractivity contribution in [3.8, 4) is 11.5 Å². The van der Waals surface area contributed by atoms with Crippen LogP contribution < -0.4 is 9.47 Å². The van der Waals surface area contributed by atoms with E-state index in [1.807, 2.05) is 0 Å². The second kappa shape index (κ2) is 8.36. The summed E-state index contributed by atoms with van der Waals surface area (Å²) in [6.45, 7) is 2.17. The van der Waals surface area contributed by atoms with Gasteiger partial charge < -0.3 is 14.6 Å². The normalized spacial score (nSPS) is 10.8. The average molecular weight is 351 g/mol. The molecule has 0 saturated carbocycles. The van der Waals surface area contributed by atoms with Crippen molar-refractivity contribution < 1.29 is 23.8 Å². The minimum absolute atomic E-state index is 0.00319. The molecule has 0 aliphatic heterocycles. The predicted molar refractivity (Wildman–Crippen MR) is 90.0 cm³/mol. The van der Waals surface area contributed by atoms with E-state index in [1.54, 1.807) is 37.3 Å². The molecular formula is C18H16ClFO4. The van der Waals surface area contributed by atoms with Crippen molar-refractivity contribution in [1.82, 2.24) is 0 Å². The molecule has 0 unspecified atom stereocenters. The Bertz CT molecular complexity index is 759. The van der Waals surface area contributed by atoms with Crippen molar-refractivity contribution >= 4 is 23.6 Å².